The summed E-state index contributed by atoms with van der Waals surface area (Å²) in [7, 11) is 0. The predicted molar refractivity (Wildman–Crippen MR) is 77.3 cm³/mol. The van der Waals surface area contributed by atoms with Crippen molar-refractivity contribution in [2.24, 2.45) is 5.92 Å². The van der Waals surface area contributed by atoms with E-state index in [0.717, 1.165) is 63.4 Å². The van der Waals surface area contributed by atoms with Crippen molar-refractivity contribution in [1.82, 2.24) is 5.32 Å². The zero-order valence-corrected chi connectivity index (χ0v) is 11.9. The van der Waals surface area contributed by atoms with Crippen LogP contribution < -0.4 is 14.8 Å². The fourth-order valence-electron chi connectivity index (χ4n) is 2.73. The molecule has 0 saturated carbocycles. The lowest BCUT2D eigenvalue weighted by atomic mass is 10.1. The summed E-state index contributed by atoms with van der Waals surface area (Å²) < 4.78 is 16.9. The molecule has 4 heteroatoms. The predicted octanol–water partition coefficient (Wildman–Crippen LogP) is 2.36. The smallest absolute Gasteiger partial charge is 0.165 e. The third-order valence-electron chi connectivity index (χ3n) is 3.92. The summed E-state index contributed by atoms with van der Waals surface area (Å²) in [6.45, 7) is 5.20. The lowest BCUT2D eigenvalue weighted by Gasteiger charge is -2.13. The van der Waals surface area contributed by atoms with Crippen LogP contribution in [-0.2, 0) is 11.3 Å². The molecule has 1 unspecified atom stereocenters. The highest BCUT2D eigenvalue weighted by Crippen LogP contribution is 2.33. The molecule has 1 fully saturated rings. The van der Waals surface area contributed by atoms with Crippen LogP contribution in [-0.4, -0.2) is 33.0 Å². The van der Waals surface area contributed by atoms with Gasteiger partial charge in [0.25, 0.3) is 0 Å². The van der Waals surface area contributed by atoms with E-state index in [-0.39, 0.29) is 0 Å². The first kappa shape index (κ1) is 13.7. The highest BCUT2D eigenvalue weighted by Gasteiger charge is 2.16. The lowest BCUT2D eigenvalue weighted by molar-refractivity contribution is 0.184. The molecule has 2 aliphatic heterocycles. The van der Waals surface area contributed by atoms with Crippen molar-refractivity contribution >= 4 is 0 Å². The molecule has 4 nitrogen and oxygen atoms in total. The number of para-hydroxylation sites is 1. The third-order valence-corrected chi connectivity index (χ3v) is 3.92. The van der Waals surface area contributed by atoms with E-state index in [2.05, 4.69) is 11.4 Å². The zero-order chi connectivity index (χ0) is 13.6. The fraction of sp³-hybridized carbons (Fsp3) is 0.625. The van der Waals surface area contributed by atoms with Gasteiger partial charge in [0.05, 0.1) is 13.2 Å². The van der Waals surface area contributed by atoms with Crippen LogP contribution in [0.25, 0.3) is 0 Å². The van der Waals surface area contributed by atoms with E-state index in [1.54, 1.807) is 0 Å². The van der Waals surface area contributed by atoms with Gasteiger partial charge in [-0.25, -0.2) is 0 Å². The molecule has 0 radical (unpaired) electrons. The maximum Gasteiger partial charge on any atom is 0.165 e. The second-order valence-corrected chi connectivity index (χ2v) is 5.49. The summed E-state index contributed by atoms with van der Waals surface area (Å²) in [6, 6.07) is 6.13. The highest BCUT2D eigenvalue weighted by atomic mass is 16.5. The summed E-state index contributed by atoms with van der Waals surface area (Å²) in [5, 5.41) is 3.51. The Balaban J connectivity index is 1.51. The maximum absolute atomic E-state index is 5.83. The van der Waals surface area contributed by atoms with Gasteiger partial charge in [-0.2, -0.15) is 0 Å². The van der Waals surface area contributed by atoms with Crippen molar-refractivity contribution in [2.75, 3.05) is 33.0 Å². The van der Waals surface area contributed by atoms with Crippen LogP contribution in [0.1, 0.15) is 24.8 Å². The van der Waals surface area contributed by atoms with Crippen molar-refractivity contribution in [3.63, 3.8) is 0 Å². The monoisotopic (exact) mass is 277 g/mol. The lowest BCUT2D eigenvalue weighted by Crippen LogP contribution is -2.18. The van der Waals surface area contributed by atoms with Gasteiger partial charge in [-0.3, -0.25) is 0 Å². The van der Waals surface area contributed by atoms with Gasteiger partial charge in [-0.15, -0.1) is 0 Å². The average Bonchev–Trinajstić information content (AvgIpc) is 2.87. The Labute approximate surface area is 120 Å². The van der Waals surface area contributed by atoms with Gasteiger partial charge in [0.2, 0.25) is 0 Å². The molecule has 0 amide bonds. The molecular formula is C16H23NO3. The molecule has 0 spiro atoms. The van der Waals surface area contributed by atoms with Gasteiger partial charge in [-0.05, 0) is 31.4 Å². The van der Waals surface area contributed by atoms with E-state index in [1.165, 1.54) is 18.4 Å². The molecule has 2 aliphatic rings. The Hall–Kier alpha value is -1.26. The zero-order valence-electron chi connectivity index (χ0n) is 11.9. The van der Waals surface area contributed by atoms with E-state index < -0.39 is 0 Å². The van der Waals surface area contributed by atoms with Crippen LogP contribution in [0.3, 0.4) is 0 Å². The summed E-state index contributed by atoms with van der Waals surface area (Å²) in [4.78, 5) is 0. The highest BCUT2D eigenvalue weighted by molar-refractivity contribution is 5.46. The van der Waals surface area contributed by atoms with Crippen LogP contribution in [0.5, 0.6) is 11.5 Å². The molecule has 2 heterocycles. The summed E-state index contributed by atoms with van der Waals surface area (Å²) >= 11 is 0. The quantitative estimate of drug-likeness (QED) is 0.839. The van der Waals surface area contributed by atoms with E-state index in [0.29, 0.717) is 0 Å². The van der Waals surface area contributed by atoms with Crippen molar-refractivity contribution in [2.45, 2.75) is 25.8 Å². The number of ether oxygens (including phenoxy) is 3. The SMILES string of the molecule is c1cc(CNCCC2CCOC2)c2c(c1)OCCCO2. The van der Waals surface area contributed by atoms with Crippen LogP contribution in [0.4, 0.5) is 0 Å². The molecule has 1 atom stereocenters. The van der Waals surface area contributed by atoms with E-state index in [1.807, 2.05) is 12.1 Å². The van der Waals surface area contributed by atoms with Crippen molar-refractivity contribution < 1.29 is 14.2 Å². The average molecular weight is 277 g/mol. The first-order chi connectivity index (χ1) is 9.93. The topological polar surface area (TPSA) is 39.7 Å². The molecule has 1 saturated heterocycles. The van der Waals surface area contributed by atoms with Crippen LogP contribution in [0, 0.1) is 5.92 Å². The molecular weight excluding hydrogens is 254 g/mol. The summed E-state index contributed by atoms with van der Waals surface area (Å²) in [5.41, 5.74) is 1.19. The third kappa shape index (κ3) is 3.44. The second-order valence-electron chi connectivity index (χ2n) is 5.49. The number of rotatable bonds is 5. The minimum absolute atomic E-state index is 0.731. The van der Waals surface area contributed by atoms with Crippen LogP contribution in [0.2, 0.25) is 0 Å². The van der Waals surface area contributed by atoms with Crippen LogP contribution in [0.15, 0.2) is 18.2 Å². The number of fused-ring (bicyclic) bond motifs is 1. The first-order valence-electron chi connectivity index (χ1n) is 7.59. The Morgan fingerprint density at radius 3 is 3.00 bits per heavy atom. The molecule has 20 heavy (non-hydrogen) atoms. The number of hydrogen-bond donors (Lipinski definition) is 1. The van der Waals surface area contributed by atoms with Crippen LogP contribution >= 0.6 is 0 Å². The standard InChI is InChI=1S/C16H23NO3/c1-3-14(11-17-7-5-13-6-10-18-12-13)16-15(4-1)19-8-2-9-20-16/h1,3-4,13,17H,2,5-12H2. The number of benzene rings is 1. The molecule has 0 aliphatic carbocycles. The molecule has 0 aromatic heterocycles. The Morgan fingerprint density at radius 2 is 2.10 bits per heavy atom. The summed E-state index contributed by atoms with van der Waals surface area (Å²) in [5.74, 6) is 2.53. The number of nitrogens with one attached hydrogen (secondary N) is 1. The second kappa shape index (κ2) is 6.95. The van der Waals surface area contributed by atoms with Gasteiger partial charge in [0.1, 0.15) is 0 Å². The maximum atomic E-state index is 5.83. The van der Waals surface area contributed by atoms with Crippen molar-refractivity contribution in [1.29, 1.82) is 0 Å². The van der Waals surface area contributed by atoms with Gasteiger partial charge >= 0.3 is 0 Å². The largest absolute Gasteiger partial charge is 0.490 e. The molecule has 0 bridgehead atoms. The first-order valence-corrected chi connectivity index (χ1v) is 7.59. The van der Waals surface area contributed by atoms with Crippen molar-refractivity contribution in [3.05, 3.63) is 23.8 Å². The summed E-state index contributed by atoms with van der Waals surface area (Å²) in [6.07, 6.45) is 3.34. The fourth-order valence-corrected chi connectivity index (χ4v) is 2.73. The minimum Gasteiger partial charge on any atom is -0.490 e. The van der Waals surface area contributed by atoms with E-state index in [4.69, 9.17) is 14.2 Å². The molecule has 1 aromatic carbocycles. The number of hydrogen-bond acceptors (Lipinski definition) is 4. The van der Waals surface area contributed by atoms with Crippen molar-refractivity contribution in [3.8, 4) is 11.5 Å². The Morgan fingerprint density at radius 1 is 1.15 bits per heavy atom. The Bertz CT molecular complexity index is 430. The molecule has 1 aromatic rings. The normalized spacial score (nSPS) is 21.7. The molecule has 110 valence electrons. The molecule has 1 N–H and O–H groups in total. The molecule has 3 rings (SSSR count). The van der Waals surface area contributed by atoms with E-state index >= 15 is 0 Å². The van der Waals surface area contributed by atoms with Gasteiger partial charge < -0.3 is 19.5 Å². The van der Waals surface area contributed by atoms with Gasteiger partial charge in [0, 0.05) is 31.7 Å². The van der Waals surface area contributed by atoms with Gasteiger partial charge in [-0.1, -0.05) is 12.1 Å². The van der Waals surface area contributed by atoms with E-state index in [9.17, 15) is 0 Å². The Kier molecular flexibility index (Phi) is 4.77. The van der Waals surface area contributed by atoms with Gasteiger partial charge in [0.15, 0.2) is 11.5 Å². The minimum atomic E-state index is 0.731.